The molecule has 0 aliphatic rings. The average molecular weight is 987 g/mol. The number of aromatic hydroxyl groups is 1. The summed E-state index contributed by atoms with van der Waals surface area (Å²) >= 11 is 16.3. The lowest BCUT2D eigenvalue weighted by Crippen LogP contribution is -2.06. The first-order valence-corrected chi connectivity index (χ1v) is 22.6. The molecule has 0 saturated carbocycles. The highest BCUT2D eigenvalue weighted by atomic mass is 79.9. The second kappa shape index (κ2) is 22.0. The number of benzene rings is 4. The zero-order chi connectivity index (χ0) is 46.5. The van der Waals surface area contributed by atoms with Gasteiger partial charge in [-0.05, 0) is 145 Å². The molecule has 67 heavy (non-hydrogen) atoms. The van der Waals surface area contributed by atoms with Crippen LogP contribution >= 0.6 is 39.1 Å². The SMILES string of the molecule is Brc1ccncc1.Nc1cccc(Cn2c(-c3ccc(O)cc3)ccc2-c2ccccc2Cl)n1.Nc1cccc(Cn2c(-c3ccc(Oc4ccncc4)cc3)ccc2-c2ccccc2Cl)n1. The Balaban J connectivity index is 0.000000161. The molecule has 10 nitrogen and oxygen atoms in total. The number of hydrogen-bond donors (Lipinski definition) is 3. The lowest BCUT2D eigenvalue weighted by Gasteiger charge is -2.15. The molecule has 10 rings (SSSR count). The Morgan fingerprint density at radius 1 is 0.463 bits per heavy atom. The van der Waals surface area contributed by atoms with Gasteiger partial charge in [-0.3, -0.25) is 9.97 Å². The maximum absolute atomic E-state index is 9.61. The minimum Gasteiger partial charge on any atom is -0.508 e. The number of aromatic nitrogens is 6. The summed E-state index contributed by atoms with van der Waals surface area (Å²) in [6.07, 6.45) is 6.89. The van der Waals surface area contributed by atoms with Gasteiger partial charge in [0.25, 0.3) is 0 Å². The van der Waals surface area contributed by atoms with E-state index in [1.807, 2.05) is 133 Å². The van der Waals surface area contributed by atoms with Gasteiger partial charge in [0.15, 0.2) is 0 Å². The van der Waals surface area contributed by atoms with Gasteiger partial charge in [0, 0.05) is 61.8 Å². The van der Waals surface area contributed by atoms with Crippen molar-refractivity contribution in [2.24, 2.45) is 0 Å². The maximum Gasteiger partial charge on any atom is 0.130 e. The molecule has 6 heterocycles. The van der Waals surface area contributed by atoms with Crippen molar-refractivity contribution in [3.63, 3.8) is 0 Å². The van der Waals surface area contributed by atoms with Gasteiger partial charge >= 0.3 is 0 Å². The number of phenolic OH excluding ortho intramolecular Hbond substituents is 1. The van der Waals surface area contributed by atoms with Crippen molar-refractivity contribution in [1.29, 1.82) is 0 Å². The number of phenols is 1. The molecule has 4 aromatic carbocycles. The molecule has 10 aromatic rings. The molecule has 0 bridgehead atoms. The summed E-state index contributed by atoms with van der Waals surface area (Å²) in [6.45, 7) is 1.11. The Kier molecular flexibility index (Phi) is 15.0. The number of anilines is 2. The van der Waals surface area contributed by atoms with Crippen molar-refractivity contribution in [3.05, 3.63) is 233 Å². The lowest BCUT2D eigenvalue weighted by molar-refractivity contribution is 0.475. The summed E-state index contributed by atoms with van der Waals surface area (Å²) in [5.74, 6) is 2.73. The van der Waals surface area contributed by atoms with E-state index in [9.17, 15) is 5.11 Å². The molecule has 0 unspecified atom stereocenters. The molecule has 0 aliphatic carbocycles. The lowest BCUT2D eigenvalue weighted by atomic mass is 10.1. The van der Waals surface area contributed by atoms with E-state index in [0.717, 1.165) is 72.4 Å². The zero-order valence-corrected chi connectivity index (χ0v) is 39.0. The summed E-state index contributed by atoms with van der Waals surface area (Å²) < 4.78 is 11.4. The van der Waals surface area contributed by atoms with E-state index in [-0.39, 0.29) is 5.75 Å². The van der Waals surface area contributed by atoms with E-state index < -0.39 is 0 Å². The molecule has 332 valence electrons. The van der Waals surface area contributed by atoms with Gasteiger partial charge in [-0.2, -0.15) is 0 Å². The molecule has 0 saturated heterocycles. The summed E-state index contributed by atoms with van der Waals surface area (Å²) in [7, 11) is 0. The van der Waals surface area contributed by atoms with Crippen LogP contribution in [0.1, 0.15) is 11.4 Å². The third-order valence-corrected chi connectivity index (χ3v) is 11.6. The number of nitrogens with zero attached hydrogens (tertiary/aromatic N) is 6. The molecule has 0 atom stereocenters. The second-order valence-corrected chi connectivity index (χ2v) is 16.7. The van der Waals surface area contributed by atoms with Gasteiger partial charge < -0.3 is 30.4 Å². The molecule has 13 heteroatoms. The van der Waals surface area contributed by atoms with Gasteiger partial charge in [-0.15, -0.1) is 0 Å². The largest absolute Gasteiger partial charge is 0.508 e. The van der Waals surface area contributed by atoms with E-state index in [0.29, 0.717) is 34.8 Å². The third kappa shape index (κ3) is 12.0. The molecule has 0 aliphatic heterocycles. The fourth-order valence-electron chi connectivity index (χ4n) is 7.29. The van der Waals surface area contributed by atoms with Crippen LogP contribution in [0.15, 0.2) is 211 Å². The van der Waals surface area contributed by atoms with Gasteiger partial charge in [0.05, 0.1) is 35.9 Å². The Bertz CT molecular complexity index is 3180. The Hall–Kier alpha value is -7.70. The highest BCUT2D eigenvalue weighted by Gasteiger charge is 2.17. The predicted octanol–water partition coefficient (Wildman–Crippen LogP) is 13.7. The highest BCUT2D eigenvalue weighted by molar-refractivity contribution is 9.10. The molecule has 0 spiro atoms. The summed E-state index contributed by atoms with van der Waals surface area (Å²) in [4.78, 5) is 16.8. The van der Waals surface area contributed by atoms with Crippen LogP contribution < -0.4 is 16.2 Å². The number of ether oxygens (including phenoxy) is 1. The summed E-state index contributed by atoms with van der Waals surface area (Å²) in [6, 6.07) is 57.8. The van der Waals surface area contributed by atoms with Crippen LogP contribution in [0.5, 0.6) is 17.2 Å². The number of nitrogens with two attached hydrogens (primary N) is 2. The van der Waals surface area contributed by atoms with Crippen LogP contribution in [-0.4, -0.2) is 34.2 Å². The molecule has 0 fully saturated rings. The predicted molar refractivity (Wildman–Crippen MR) is 274 cm³/mol. The maximum atomic E-state index is 9.61. The van der Waals surface area contributed by atoms with Crippen LogP contribution in [-0.2, 0) is 13.1 Å². The smallest absolute Gasteiger partial charge is 0.130 e. The van der Waals surface area contributed by atoms with Crippen molar-refractivity contribution in [2.45, 2.75) is 13.1 Å². The molecular formula is C54H43BrCl2N8O2. The van der Waals surface area contributed by atoms with E-state index >= 15 is 0 Å². The quantitative estimate of drug-likeness (QED) is 0.123. The van der Waals surface area contributed by atoms with E-state index in [1.54, 1.807) is 49.1 Å². The van der Waals surface area contributed by atoms with Crippen LogP contribution in [0, 0.1) is 0 Å². The van der Waals surface area contributed by atoms with Crippen LogP contribution in [0.4, 0.5) is 11.6 Å². The van der Waals surface area contributed by atoms with Crippen molar-refractivity contribution in [3.8, 4) is 62.3 Å². The first-order valence-electron chi connectivity index (χ1n) is 21.0. The van der Waals surface area contributed by atoms with Crippen molar-refractivity contribution in [1.82, 2.24) is 29.1 Å². The monoisotopic (exact) mass is 984 g/mol. The normalized spacial score (nSPS) is 10.6. The molecule has 0 radical (unpaired) electrons. The van der Waals surface area contributed by atoms with E-state index in [2.05, 4.69) is 69.3 Å². The Labute approximate surface area is 406 Å². The van der Waals surface area contributed by atoms with Gasteiger partial charge in [-0.1, -0.05) is 87.7 Å². The summed E-state index contributed by atoms with van der Waals surface area (Å²) in [5.41, 5.74) is 21.5. The topological polar surface area (TPSA) is 143 Å². The van der Waals surface area contributed by atoms with Crippen molar-refractivity contribution >= 4 is 50.8 Å². The van der Waals surface area contributed by atoms with E-state index in [1.165, 1.54) is 0 Å². The van der Waals surface area contributed by atoms with Gasteiger partial charge in [0.1, 0.15) is 28.9 Å². The standard InChI is InChI=1S/C27H21ClN4O.C22H18ClN3O.C5H4BrN/c28-24-6-2-1-5-23(24)26-13-12-25(32(26)18-20-4-3-7-27(29)31-20)19-8-10-21(11-9-19)33-22-14-16-30-17-15-22;23-19-6-2-1-5-18(19)21-13-12-20(15-8-10-17(27)11-9-15)26(21)14-16-4-3-7-22(24)25-16;6-5-1-3-7-4-2-5/h1-17H,18H2,(H2,29,31);1-13,27H,14H2,(H2,24,25);1-4H. The first kappa shape index (κ1) is 45.9. The van der Waals surface area contributed by atoms with Crippen LogP contribution in [0.3, 0.4) is 0 Å². The molecule has 0 amide bonds. The van der Waals surface area contributed by atoms with Gasteiger partial charge in [0.2, 0.25) is 0 Å². The van der Waals surface area contributed by atoms with Gasteiger partial charge in [-0.25, -0.2) is 9.97 Å². The number of rotatable bonds is 10. The van der Waals surface area contributed by atoms with Crippen molar-refractivity contribution < 1.29 is 9.84 Å². The zero-order valence-electron chi connectivity index (χ0n) is 35.9. The van der Waals surface area contributed by atoms with Crippen molar-refractivity contribution in [2.75, 3.05) is 11.5 Å². The molecular weight excluding hydrogens is 943 g/mol. The number of hydrogen-bond acceptors (Lipinski definition) is 8. The number of pyridine rings is 4. The first-order chi connectivity index (χ1) is 32.7. The molecule has 5 N–H and O–H groups in total. The second-order valence-electron chi connectivity index (χ2n) is 15.0. The fraction of sp³-hybridized carbons (Fsp3) is 0.0370. The highest BCUT2D eigenvalue weighted by Crippen LogP contribution is 2.36. The minimum atomic E-state index is 0.237. The third-order valence-electron chi connectivity index (χ3n) is 10.4. The Morgan fingerprint density at radius 3 is 1.31 bits per heavy atom. The number of nitrogen functional groups attached to an aromatic ring is 2. The van der Waals surface area contributed by atoms with Crippen LogP contribution in [0.25, 0.3) is 45.0 Å². The summed E-state index contributed by atoms with van der Waals surface area (Å²) in [5, 5.41) is 11.0. The van der Waals surface area contributed by atoms with E-state index in [4.69, 9.17) is 39.4 Å². The molecule has 6 aromatic heterocycles. The number of halogens is 3. The Morgan fingerprint density at radius 2 is 0.881 bits per heavy atom. The average Bonchev–Trinajstić information content (AvgIpc) is 3.95. The van der Waals surface area contributed by atoms with Crippen LogP contribution in [0.2, 0.25) is 10.0 Å². The fourth-order valence-corrected chi connectivity index (χ4v) is 7.99. The minimum absolute atomic E-state index is 0.237.